The van der Waals surface area contributed by atoms with E-state index in [2.05, 4.69) is 10.3 Å². The van der Waals surface area contributed by atoms with Crippen molar-refractivity contribution in [3.63, 3.8) is 0 Å². The van der Waals surface area contributed by atoms with E-state index < -0.39 is 0 Å². The second-order valence-corrected chi connectivity index (χ2v) is 6.51. The average Bonchev–Trinajstić information content (AvgIpc) is 2.53. The molecule has 0 fully saturated rings. The summed E-state index contributed by atoms with van der Waals surface area (Å²) >= 11 is 0. The van der Waals surface area contributed by atoms with Crippen molar-refractivity contribution in [2.24, 2.45) is 0 Å². The highest BCUT2D eigenvalue weighted by Crippen LogP contribution is 2.13. The van der Waals surface area contributed by atoms with Crippen molar-refractivity contribution in [3.8, 4) is 5.88 Å². The van der Waals surface area contributed by atoms with Gasteiger partial charge in [0.1, 0.15) is 6.61 Å². The average molecular weight is 328 g/mol. The molecule has 0 atom stereocenters. The van der Waals surface area contributed by atoms with Gasteiger partial charge >= 0.3 is 0 Å². The summed E-state index contributed by atoms with van der Waals surface area (Å²) in [5.74, 6) is 0.272. The molecule has 0 bridgehead atoms. The van der Waals surface area contributed by atoms with Crippen LogP contribution in [0.2, 0.25) is 0 Å². The van der Waals surface area contributed by atoms with Crippen molar-refractivity contribution >= 4 is 11.6 Å². The van der Waals surface area contributed by atoms with E-state index in [1.54, 1.807) is 12.1 Å². The van der Waals surface area contributed by atoms with Crippen molar-refractivity contribution in [1.29, 1.82) is 0 Å². The van der Waals surface area contributed by atoms with E-state index in [0.29, 0.717) is 24.7 Å². The molecule has 1 aromatic heterocycles. The van der Waals surface area contributed by atoms with Crippen LogP contribution in [0.1, 0.15) is 36.7 Å². The minimum atomic E-state index is -0.200. The summed E-state index contributed by atoms with van der Waals surface area (Å²) in [6.45, 7) is 8.88. The van der Waals surface area contributed by atoms with Gasteiger partial charge in [-0.15, -0.1) is 0 Å². The summed E-state index contributed by atoms with van der Waals surface area (Å²) in [5.41, 5.74) is 2.19. The lowest BCUT2D eigenvalue weighted by molar-refractivity contribution is -0.0168. The van der Waals surface area contributed by atoms with Crippen LogP contribution < -0.4 is 10.1 Å². The predicted octanol–water partition coefficient (Wildman–Crippen LogP) is 3.84. The van der Waals surface area contributed by atoms with Gasteiger partial charge in [0.15, 0.2) is 0 Å². The minimum Gasteiger partial charge on any atom is -0.475 e. The lowest BCUT2D eigenvalue weighted by Gasteiger charge is -2.19. The Bertz CT molecular complexity index is 659. The Balaban J connectivity index is 1.84. The first-order chi connectivity index (χ1) is 11.3. The standard InChI is InChI=1S/C19H24N2O3/c1-14-5-8-16(9-6-14)21-18(22)15-7-10-17(20-13-15)23-11-12-24-19(2,3)4/h5-10,13H,11-12H2,1-4H3,(H,21,22). The van der Waals surface area contributed by atoms with E-state index in [4.69, 9.17) is 9.47 Å². The molecule has 1 amide bonds. The van der Waals surface area contributed by atoms with Gasteiger partial charge in [-0.1, -0.05) is 17.7 Å². The number of ether oxygens (including phenoxy) is 2. The highest BCUT2D eigenvalue weighted by molar-refractivity contribution is 6.04. The number of rotatable bonds is 6. The zero-order valence-corrected chi connectivity index (χ0v) is 14.6. The molecule has 0 aliphatic rings. The molecule has 24 heavy (non-hydrogen) atoms. The number of amides is 1. The Morgan fingerprint density at radius 1 is 1.08 bits per heavy atom. The molecule has 5 nitrogen and oxygen atoms in total. The highest BCUT2D eigenvalue weighted by atomic mass is 16.5. The molecule has 0 saturated heterocycles. The molecule has 5 heteroatoms. The van der Waals surface area contributed by atoms with Crippen molar-refractivity contribution in [1.82, 2.24) is 4.98 Å². The first-order valence-corrected chi connectivity index (χ1v) is 7.94. The first kappa shape index (κ1) is 17.9. The third-order valence-electron chi connectivity index (χ3n) is 3.18. The number of benzene rings is 1. The molecule has 2 aromatic rings. The molecule has 0 radical (unpaired) electrons. The van der Waals surface area contributed by atoms with Gasteiger partial charge in [-0.25, -0.2) is 4.98 Å². The predicted molar refractivity (Wildman–Crippen MR) is 94.6 cm³/mol. The normalized spacial score (nSPS) is 11.2. The van der Waals surface area contributed by atoms with Gasteiger partial charge in [-0.05, 0) is 45.9 Å². The van der Waals surface area contributed by atoms with Crippen LogP contribution in [0, 0.1) is 6.92 Å². The molecule has 0 aliphatic carbocycles. The van der Waals surface area contributed by atoms with Crippen LogP contribution in [0.3, 0.4) is 0 Å². The minimum absolute atomic E-state index is 0.186. The van der Waals surface area contributed by atoms with E-state index in [9.17, 15) is 4.79 Å². The highest BCUT2D eigenvalue weighted by Gasteiger charge is 2.10. The van der Waals surface area contributed by atoms with Crippen molar-refractivity contribution in [3.05, 3.63) is 53.7 Å². The van der Waals surface area contributed by atoms with Crippen LogP contribution in [-0.4, -0.2) is 29.7 Å². The van der Waals surface area contributed by atoms with Gasteiger partial charge in [-0.3, -0.25) is 4.79 Å². The molecular weight excluding hydrogens is 304 g/mol. The van der Waals surface area contributed by atoms with E-state index in [-0.39, 0.29) is 11.5 Å². The van der Waals surface area contributed by atoms with Crippen molar-refractivity contribution < 1.29 is 14.3 Å². The molecular formula is C19H24N2O3. The zero-order chi connectivity index (χ0) is 17.6. The fraction of sp³-hybridized carbons (Fsp3) is 0.368. The third-order valence-corrected chi connectivity index (χ3v) is 3.18. The largest absolute Gasteiger partial charge is 0.475 e. The number of aryl methyl sites for hydroxylation is 1. The molecule has 0 aliphatic heterocycles. The number of aromatic nitrogens is 1. The Morgan fingerprint density at radius 3 is 2.38 bits per heavy atom. The number of pyridine rings is 1. The summed E-state index contributed by atoms with van der Waals surface area (Å²) in [7, 11) is 0. The number of carbonyl (C=O) groups is 1. The number of carbonyl (C=O) groups excluding carboxylic acids is 1. The Kier molecular flexibility index (Phi) is 5.93. The summed E-state index contributed by atoms with van der Waals surface area (Å²) in [6.07, 6.45) is 1.50. The number of nitrogens with zero attached hydrogens (tertiary/aromatic N) is 1. The molecule has 0 unspecified atom stereocenters. The summed E-state index contributed by atoms with van der Waals surface area (Å²) in [6, 6.07) is 11.0. The molecule has 0 saturated carbocycles. The first-order valence-electron chi connectivity index (χ1n) is 7.94. The van der Waals surface area contributed by atoms with Gasteiger partial charge in [0.2, 0.25) is 5.88 Å². The van der Waals surface area contributed by atoms with Gasteiger partial charge in [-0.2, -0.15) is 0 Å². The Labute approximate surface area is 143 Å². The van der Waals surface area contributed by atoms with Gasteiger partial charge in [0.25, 0.3) is 5.91 Å². The van der Waals surface area contributed by atoms with Crippen LogP contribution in [-0.2, 0) is 4.74 Å². The molecule has 1 heterocycles. The topological polar surface area (TPSA) is 60.5 Å². The summed E-state index contributed by atoms with van der Waals surface area (Å²) < 4.78 is 11.1. The van der Waals surface area contributed by atoms with Crippen LogP contribution in [0.25, 0.3) is 0 Å². The molecule has 0 spiro atoms. The maximum atomic E-state index is 12.2. The summed E-state index contributed by atoms with van der Waals surface area (Å²) in [4.78, 5) is 16.3. The summed E-state index contributed by atoms with van der Waals surface area (Å²) in [5, 5.41) is 2.83. The number of hydrogen-bond acceptors (Lipinski definition) is 4. The second kappa shape index (κ2) is 7.93. The number of nitrogens with one attached hydrogen (secondary N) is 1. The van der Waals surface area contributed by atoms with Crippen LogP contribution in [0.15, 0.2) is 42.6 Å². The molecule has 1 aromatic carbocycles. The van der Waals surface area contributed by atoms with Crippen LogP contribution in [0.4, 0.5) is 5.69 Å². The quantitative estimate of drug-likeness (QED) is 0.819. The van der Waals surface area contributed by atoms with Gasteiger partial charge in [0, 0.05) is 18.0 Å². The number of hydrogen-bond donors (Lipinski definition) is 1. The van der Waals surface area contributed by atoms with E-state index in [0.717, 1.165) is 11.3 Å². The second-order valence-electron chi connectivity index (χ2n) is 6.51. The third kappa shape index (κ3) is 6.01. The Morgan fingerprint density at radius 2 is 1.79 bits per heavy atom. The maximum Gasteiger partial charge on any atom is 0.257 e. The van der Waals surface area contributed by atoms with Crippen molar-refractivity contribution in [2.45, 2.75) is 33.3 Å². The maximum absolute atomic E-state index is 12.2. The number of anilines is 1. The molecule has 128 valence electrons. The molecule has 2 rings (SSSR count). The van der Waals surface area contributed by atoms with Crippen molar-refractivity contribution in [2.75, 3.05) is 18.5 Å². The fourth-order valence-corrected chi connectivity index (χ4v) is 1.93. The lowest BCUT2D eigenvalue weighted by Crippen LogP contribution is -2.22. The van der Waals surface area contributed by atoms with Gasteiger partial charge in [0.05, 0.1) is 17.8 Å². The van der Waals surface area contributed by atoms with E-state index >= 15 is 0 Å². The fourth-order valence-electron chi connectivity index (χ4n) is 1.93. The molecule has 1 N–H and O–H groups in total. The Hall–Kier alpha value is -2.40. The van der Waals surface area contributed by atoms with E-state index in [1.165, 1.54) is 6.20 Å². The monoisotopic (exact) mass is 328 g/mol. The van der Waals surface area contributed by atoms with E-state index in [1.807, 2.05) is 52.0 Å². The van der Waals surface area contributed by atoms with Crippen LogP contribution in [0.5, 0.6) is 5.88 Å². The zero-order valence-electron chi connectivity index (χ0n) is 14.6. The van der Waals surface area contributed by atoms with Gasteiger partial charge < -0.3 is 14.8 Å². The smallest absolute Gasteiger partial charge is 0.257 e. The SMILES string of the molecule is Cc1ccc(NC(=O)c2ccc(OCCOC(C)(C)C)nc2)cc1. The van der Waals surface area contributed by atoms with Crippen LogP contribution >= 0.6 is 0 Å². The lowest BCUT2D eigenvalue weighted by atomic mass is 10.2.